The van der Waals surface area contributed by atoms with Gasteiger partial charge >= 0.3 is 0 Å². The molecule has 0 spiro atoms. The summed E-state index contributed by atoms with van der Waals surface area (Å²) in [5.74, 6) is 2.21. The number of rotatable bonds is 2. The molecule has 1 nitrogen and oxygen atoms in total. The van der Waals surface area contributed by atoms with E-state index in [-0.39, 0.29) is 5.78 Å². The van der Waals surface area contributed by atoms with Gasteiger partial charge in [-0.2, -0.15) is 0 Å². The third kappa shape index (κ3) is 2.10. The molecule has 0 aliphatic heterocycles. The Morgan fingerprint density at radius 1 is 1.33 bits per heavy atom. The average molecular weight is 156 g/mol. The summed E-state index contributed by atoms with van der Waals surface area (Å²) in [6, 6.07) is 9.00. The van der Waals surface area contributed by atoms with Crippen LogP contribution in [0.3, 0.4) is 0 Å². The lowest BCUT2D eigenvalue weighted by atomic mass is 10.1. The van der Waals surface area contributed by atoms with Gasteiger partial charge in [0.2, 0.25) is 0 Å². The molecule has 0 aliphatic carbocycles. The van der Waals surface area contributed by atoms with E-state index in [1.165, 1.54) is 12.2 Å². The second-order valence-corrected chi connectivity index (χ2v) is 2.23. The molecule has 1 aromatic carbocycles. The third-order valence-electron chi connectivity index (χ3n) is 1.39. The van der Waals surface area contributed by atoms with Crippen molar-refractivity contribution in [2.45, 2.75) is 0 Å². The summed E-state index contributed by atoms with van der Waals surface area (Å²) in [5.41, 5.74) is 0.656. The maximum absolute atomic E-state index is 11.2. The number of ketones is 1. The van der Waals surface area contributed by atoms with Crippen molar-refractivity contribution in [2.75, 3.05) is 0 Å². The van der Waals surface area contributed by atoms with Crippen molar-refractivity contribution in [3.8, 4) is 12.3 Å². The fraction of sp³-hybridized carbons (Fsp3) is 0. The molecule has 0 amide bonds. The van der Waals surface area contributed by atoms with Crippen LogP contribution in [0.5, 0.6) is 0 Å². The summed E-state index contributed by atoms with van der Waals surface area (Å²) in [4.78, 5) is 11.2. The molecule has 0 bridgehead atoms. The highest BCUT2D eigenvalue weighted by Crippen LogP contribution is 1.99. The van der Waals surface area contributed by atoms with Gasteiger partial charge in [0, 0.05) is 5.56 Å². The number of carbonyl (C=O) groups excluding carboxylic acids is 1. The SMILES string of the molecule is C#C/C=C\C(=O)c1ccccc1. The molecule has 12 heavy (non-hydrogen) atoms. The molecule has 1 aromatic rings. The highest BCUT2D eigenvalue weighted by molar-refractivity contribution is 6.04. The molecular weight excluding hydrogens is 148 g/mol. The number of benzene rings is 1. The minimum absolute atomic E-state index is 0.0615. The van der Waals surface area contributed by atoms with E-state index in [4.69, 9.17) is 6.42 Å². The fourth-order valence-corrected chi connectivity index (χ4v) is 0.822. The summed E-state index contributed by atoms with van der Waals surface area (Å²) in [5, 5.41) is 0. The normalized spacial score (nSPS) is 9.58. The number of hydrogen-bond donors (Lipinski definition) is 0. The predicted octanol–water partition coefficient (Wildman–Crippen LogP) is 2.06. The molecule has 1 heteroatoms. The van der Waals surface area contributed by atoms with Gasteiger partial charge in [-0.1, -0.05) is 36.3 Å². The maximum Gasteiger partial charge on any atom is 0.186 e. The van der Waals surface area contributed by atoms with Crippen LogP contribution in [-0.2, 0) is 0 Å². The van der Waals surface area contributed by atoms with Crippen molar-refractivity contribution in [1.82, 2.24) is 0 Å². The Labute approximate surface area is 71.7 Å². The van der Waals surface area contributed by atoms with Crippen LogP contribution in [-0.4, -0.2) is 5.78 Å². The van der Waals surface area contributed by atoms with Crippen molar-refractivity contribution < 1.29 is 4.79 Å². The van der Waals surface area contributed by atoms with Crippen molar-refractivity contribution >= 4 is 5.78 Å². The molecule has 0 N–H and O–H groups in total. The van der Waals surface area contributed by atoms with E-state index in [0.29, 0.717) is 5.56 Å². The van der Waals surface area contributed by atoms with E-state index in [2.05, 4.69) is 5.92 Å². The number of carbonyl (C=O) groups is 1. The second-order valence-electron chi connectivity index (χ2n) is 2.23. The van der Waals surface area contributed by atoms with Gasteiger partial charge in [-0.05, 0) is 12.2 Å². The molecule has 0 atom stereocenters. The standard InChI is InChI=1S/C11H8O/c1-2-3-9-11(12)10-7-5-4-6-8-10/h1,3-9H/b9-3-. The van der Waals surface area contributed by atoms with E-state index in [9.17, 15) is 4.79 Å². The lowest BCUT2D eigenvalue weighted by Gasteiger charge is -1.91. The third-order valence-corrected chi connectivity index (χ3v) is 1.39. The second kappa shape index (κ2) is 4.15. The summed E-state index contributed by atoms with van der Waals surface area (Å²) in [6.07, 6.45) is 7.75. The first-order valence-corrected chi connectivity index (χ1v) is 3.56. The molecule has 0 radical (unpaired) electrons. The van der Waals surface area contributed by atoms with E-state index >= 15 is 0 Å². The van der Waals surface area contributed by atoms with E-state index in [0.717, 1.165) is 0 Å². The van der Waals surface area contributed by atoms with Crippen LogP contribution in [0.25, 0.3) is 0 Å². The summed E-state index contributed by atoms with van der Waals surface area (Å²) in [6.45, 7) is 0. The molecule has 0 aromatic heterocycles. The zero-order chi connectivity index (χ0) is 8.81. The molecule has 0 fully saturated rings. The van der Waals surface area contributed by atoms with Crippen molar-refractivity contribution in [2.24, 2.45) is 0 Å². The van der Waals surface area contributed by atoms with Crippen molar-refractivity contribution in [3.63, 3.8) is 0 Å². The lowest BCUT2D eigenvalue weighted by Crippen LogP contribution is -1.92. The molecule has 0 aliphatic rings. The monoisotopic (exact) mass is 156 g/mol. The van der Waals surface area contributed by atoms with Crippen molar-refractivity contribution in [1.29, 1.82) is 0 Å². The van der Waals surface area contributed by atoms with Gasteiger partial charge in [0.1, 0.15) is 0 Å². The quantitative estimate of drug-likeness (QED) is 0.364. The van der Waals surface area contributed by atoms with Crippen LogP contribution < -0.4 is 0 Å². The molecule has 1 rings (SSSR count). The van der Waals surface area contributed by atoms with Gasteiger partial charge in [0.15, 0.2) is 5.78 Å². The zero-order valence-electron chi connectivity index (χ0n) is 6.53. The van der Waals surface area contributed by atoms with Gasteiger partial charge in [-0.15, -0.1) is 6.42 Å². The van der Waals surface area contributed by atoms with E-state index in [1.54, 1.807) is 12.1 Å². The molecular formula is C11H8O. The highest BCUT2D eigenvalue weighted by atomic mass is 16.1. The Balaban J connectivity index is 2.81. The summed E-state index contributed by atoms with van der Waals surface area (Å²) >= 11 is 0. The molecule has 58 valence electrons. The van der Waals surface area contributed by atoms with Gasteiger partial charge in [0.25, 0.3) is 0 Å². The van der Waals surface area contributed by atoms with Gasteiger partial charge < -0.3 is 0 Å². The van der Waals surface area contributed by atoms with Crippen molar-refractivity contribution in [3.05, 3.63) is 48.0 Å². The Hall–Kier alpha value is -1.81. The minimum atomic E-state index is -0.0615. The van der Waals surface area contributed by atoms with Crippen LogP contribution in [0.1, 0.15) is 10.4 Å². The number of hydrogen-bond acceptors (Lipinski definition) is 1. The van der Waals surface area contributed by atoms with Crippen LogP contribution in [0, 0.1) is 12.3 Å². The Morgan fingerprint density at radius 2 is 2.00 bits per heavy atom. The Morgan fingerprint density at radius 3 is 2.58 bits per heavy atom. The molecule has 0 saturated carbocycles. The summed E-state index contributed by atoms with van der Waals surface area (Å²) < 4.78 is 0. The predicted molar refractivity (Wildman–Crippen MR) is 48.7 cm³/mol. The van der Waals surface area contributed by atoms with Gasteiger partial charge in [-0.25, -0.2) is 0 Å². The average Bonchev–Trinajstić information content (AvgIpc) is 2.15. The maximum atomic E-state index is 11.2. The molecule has 0 heterocycles. The van der Waals surface area contributed by atoms with Crippen LogP contribution in [0.4, 0.5) is 0 Å². The van der Waals surface area contributed by atoms with Crippen LogP contribution in [0.2, 0.25) is 0 Å². The molecule has 0 saturated heterocycles. The Bertz CT molecular complexity index is 328. The number of allylic oxidation sites excluding steroid dienone is 2. The first-order chi connectivity index (χ1) is 5.84. The zero-order valence-corrected chi connectivity index (χ0v) is 6.53. The topological polar surface area (TPSA) is 17.1 Å². The van der Waals surface area contributed by atoms with Gasteiger partial charge in [0.05, 0.1) is 0 Å². The van der Waals surface area contributed by atoms with Gasteiger partial charge in [-0.3, -0.25) is 4.79 Å². The first kappa shape index (κ1) is 8.29. The van der Waals surface area contributed by atoms with Crippen LogP contribution >= 0.6 is 0 Å². The minimum Gasteiger partial charge on any atom is -0.289 e. The van der Waals surface area contributed by atoms with E-state index < -0.39 is 0 Å². The highest BCUT2D eigenvalue weighted by Gasteiger charge is 1.97. The van der Waals surface area contributed by atoms with Crippen LogP contribution in [0.15, 0.2) is 42.5 Å². The van der Waals surface area contributed by atoms with E-state index in [1.807, 2.05) is 18.2 Å². The molecule has 0 unspecified atom stereocenters. The first-order valence-electron chi connectivity index (χ1n) is 3.56. The smallest absolute Gasteiger partial charge is 0.186 e. The number of terminal acetylenes is 1. The Kier molecular flexibility index (Phi) is 2.87. The summed E-state index contributed by atoms with van der Waals surface area (Å²) in [7, 11) is 0. The fourth-order valence-electron chi connectivity index (χ4n) is 0.822. The lowest BCUT2D eigenvalue weighted by molar-refractivity contribution is 0.104. The largest absolute Gasteiger partial charge is 0.289 e.